The fourth-order valence-electron chi connectivity index (χ4n) is 4.95. The van der Waals surface area contributed by atoms with Gasteiger partial charge in [-0.25, -0.2) is 4.79 Å². The lowest BCUT2D eigenvalue weighted by atomic mass is 9.75. The average Bonchev–Trinajstić information content (AvgIpc) is 3.67. The summed E-state index contributed by atoms with van der Waals surface area (Å²) in [4.78, 5) is 31.5. The van der Waals surface area contributed by atoms with E-state index in [9.17, 15) is 9.59 Å². The molecule has 3 aliphatic rings. The summed E-state index contributed by atoms with van der Waals surface area (Å²) in [7, 11) is 1.41. The van der Waals surface area contributed by atoms with Gasteiger partial charge in [0.2, 0.25) is 5.89 Å². The van der Waals surface area contributed by atoms with Crippen LogP contribution in [0.25, 0.3) is 0 Å². The quantitative estimate of drug-likeness (QED) is 0.551. The first-order chi connectivity index (χ1) is 16.2. The Balaban J connectivity index is 1.30. The van der Waals surface area contributed by atoms with Gasteiger partial charge in [-0.15, -0.1) is 0 Å². The van der Waals surface area contributed by atoms with E-state index in [1.165, 1.54) is 12.7 Å². The molecule has 0 spiro atoms. The largest absolute Gasteiger partial charge is 0.469 e. The van der Waals surface area contributed by atoms with Crippen LogP contribution in [0.5, 0.6) is 0 Å². The molecule has 1 unspecified atom stereocenters. The minimum absolute atomic E-state index is 0.0901. The SMILES string of the molecule is COC(=O)[C@H]1C[C@H](c2nc(C3(CN(C(=O)OC(C)(C)C)[C@H]4CC4c4ccccc4)CC3)no2)C1. The van der Waals surface area contributed by atoms with E-state index in [4.69, 9.17) is 19.0 Å². The Hall–Kier alpha value is -2.90. The number of aromatic nitrogens is 2. The molecule has 0 aliphatic heterocycles. The molecule has 8 nitrogen and oxygen atoms in total. The van der Waals surface area contributed by atoms with Crippen LogP contribution in [0.3, 0.4) is 0 Å². The summed E-state index contributed by atoms with van der Waals surface area (Å²) >= 11 is 0. The average molecular weight is 468 g/mol. The second kappa shape index (κ2) is 8.40. The number of esters is 1. The number of rotatable bonds is 7. The summed E-state index contributed by atoms with van der Waals surface area (Å²) < 4.78 is 16.2. The molecular formula is C26H33N3O5. The van der Waals surface area contributed by atoms with Crippen molar-refractivity contribution in [3.63, 3.8) is 0 Å². The molecule has 34 heavy (non-hydrogen) atoms. The van der Waals surface area contributed by atoms with Gasteiger partial charge in [-0.2, -0.15) is 4.98 Å². The number of methoxy groups -OCH3 is 1. The van der Waals surface area contributed by atoms with Crippen molar-refractivity contribution in [2.75, 3.05) is 13.7 Å². The fourth-order valence-corrected chi connectivity index (χ4v) is 4.95. The first-order valence-corrected chi connectivity index (χ1v) is 12.2. The van der Waals surface area contributed by atoms with E-state index >= 15 is 0 Å². The fraction of sp³-hybridized carbons (Fsp3) is 0.615. The zero-order valence-corrected chi connectivity index (χ0v) is 20.3. The normalized spacial score (nSPS) is 26.8. The monoisotopic (exact) mass is 467 g/mol. The van der Waals surface area contributed by atoms with Gasteiger partial charge in [0.05, 0.1) is 18.4 Å². The minimum Gasteiger partial charge on any atom is -0.469 e. The molecule has 3 fully saturated rings. The first kappa shape index (κ1) is 22.9. The summed E-state index contributed by atoms with van der Waals surface area (Å²) in [6.45, 7) is 6.19. The van der Waals surface area contributed by atoms with Gasteiger partial charge in [0.1, 0.15) is 5.60 Å². The highest BCUT2D eigenvalue weighted by Gasteiger charge is 2.55. The molecular weight excluding hydrogens is 434 g/mol. The predicted octanol–water partition coefficient (Wildman–Crippen LogP) is 4.56. The molecule has 2 aromatic rings. The highest BCUT2D eigenvalue weighted by Crippen LogP contribution is 2.52. The van der Waals surface area contributed by atoms with E-state index in [0.29, 0.717) is 37.0 Å². The number of hydrogen-bond acceptors (Lipinski definition) is 7. The highest BCUT2D eigenvalue weighted by molar-refractivity contribution is 5.73. The van der Waals surface area contributed by atoms with Gasteiger partial charge in [-0.05, 0) is 58.4 Å². The maximum absolute atomic E-state index is 13.2. The Morgan fingerprint density at radius 2 is 1.85 bits per heavy atom. The standard InChI is InChI=1S/C26H33N3O5/c1-25(2,3)33-24(31)29(20-14-19(20)16-8-6-5-7-9-16)15-26(10-11-26)23-27-21(34-28-23)17-12-18(13-17)22(30)32-4/h5-9,17-20H,10-15H2,1-4H3/t17-,18-,19?,20-/m0/s1. The van der Waals surface area contributed by atoms with Gasteiger partial charge in [0.25, 0.3) is 0 Å². The van der Waals surface area contributed by atoms with Gasteiger partial charge in [-0.3, -0.25) is 4.79 Å². The molecule has 0 saturated heterocycles. The highest BCUT2D eigenvalue weighted by atomic mass is 16.6. The Bertz CT molecular complexity index is 1050. The van der Waals surface area contributed by atoms with Crippen LogP contribution in [-0.4, -0.2) is 52.4 Å². The zero-order chi connectivity index (χ0) is 24.1. The van der Waals surface area contributed by atoms with E-state index in [0.717, 1.165) is 19.3 Å². The Labute approximate surface area is 200 Å². The molecule has 182 valence electrons. The van der Waals surface area contributed by atoms with Gasteiger partial charge in [0, 0.05) is 24.4 Å². The van der Waals surface area contributed by atoms with Gasteiger partial charge in [0.15, 0.2) is 5.82 Å². The minimum atomic E-state index is -0.567. The second-order valence-corrected chi connectivity index (χ2v) is 11.1. The van der Waals surface area contributed by atoms with E-state index in [2.05, 4.69) is 17.3 Å². The molecule has 1 amide bonds. The summed E-state index contributed by atoms with van der Waals surface area (Å²) in [6, 6.07) is 10.4. The number of nitrogens with zero attached hydrogens (tertiary/aromatic N) is 3. The summed E-state index contributed by atoms with van der Waals surface area (Å²) in [5, 5.41) is 4.31. The van der Waals surface area contributed by atoms with Gasteiger partial charge >= 0.3 is 12.1 Å². The number of ether oxygens (including phenoxy) is 2. The van der Waals surface area contributed by atoms with Crippen molar-refractivity contribution in [2.24, 2.45) is 5.92 Å². The Kier molecular flexibility index (Phi) is 5.65. The maximum atomic E-state index is 13.2. The number of carbonyl (C=O) groups is 2. The third kappa shape index (κ3) is 4.55. The maximum Gasteiger partial charge on any atom is 0.410 e. The molecule has 2 atom stereocenters. The van der Waals surface area contributed by atoms with E-state index in [-0.39, 0.29) is 35.4 Å². The van der Waals surface area contributed by atoms with Crippen LogP contribution in [0.2, 0.25) is 0 Å². The van der Waals surface area contributed by atoms with Crippen LogP contribution in [0.1, 0.15) is 82.0 Å². The topological polar surface area (TPSA) is 94.8 Å². The van der Waals surface area contributed by atoms with Gasteiger partial charge < -0.3 is 18.9 Å². The molecule has 1 aromatic carbocycles. The third-order valence-corrected chi connectivity index (χ3v) is 7.28. The first-order valence-electron chi connectivity index (χ1n) is 12.2. The van der Waals surface area contributed by atoms with Crippen molar-refractivity contribution < 1.29 is 23.6 Å². The van der Waals surface area contributed by atoms with E-state index < -0.39 is 5.60 Å². The van der Waals surface area contributed by atoms with Crippen LogP contribution < -0.4 is 0 Å². The summed E-state index contributed by atoms with van der Waals surface area (Å²) in [5.74, 6) is 1.38. The molecule has 5 rings (SSSR count). The van der Waals surface area contributed by atoms with Crippen LogP contribution >= 0.6 is 0 Å². The van der Waals surface area contributed by atoms with Crippen LogP contribution in [0.4, 0.5) is 4.79 Å². The number of benzene rings is 1. The summed E-state index contributed by atoms with van der Waals surface area (Å²) in [6.07, 6.45) is 3.80. The van der Waals surface area contributed by atoms with Crippen molar-refractivity contribution in [3.05, 3.63) is 47.6 Å². The summed E-state index contributed by atoms with van der Waals surface area (Å²) in [5.41, 5.74) is 0.384. The van der Waals surface area contributed by atoms with Crippen LogP contribution in [0, 0.1) is 5.92 Å². The number of hydrogen-bond donors (Lipinski definition) is 0. The zero-order valence-electron chi connectivity index (χ0n) is 20.3. The van der Waals surface area contributed by atoms with Crippen molar-refractivity contribution in [3.8, 4) is 0 Å². The lowest BCUT2D eigenvalue weighted by molar-refractivity contribution is -0.149. The molecule has 0 bridgehead atoms. The lowest BCUT2D eigenvalue weighted by Crippen LogP contribution is -2.43. The van der Waals surface area contributed by atoms with Crippen molar-refractivity contribution in [1.82, 2.24) is 15.0 Å². The molecule has 3 aliphatic carbocycles. The molecule has 0 N–H and O–H groups in total. The smallest absolute Gasteiger partial charge is 0.410 e. The van der Waals surface area contributed by atoms with E-state index in [1.807, 2.05) is 43.9 Å². The van der Waals surface area contributed by atoms with E-state index in [1.54, 1.807) is 0 Å². The Morgan fingerprint density at radius 3 is 2.47 bits per heavy atom. The van der Waals surface area contributed by atoms with Crippen LogP contribution in [-0.2, 0) is 19.7 Å². The molecule has 8 heteroatoms. The second-order valence-electron chi connectivity index (χ2n) is 11.1. The Morgan fingerprint density at radius 1 is 1.15 bits per heavy atom. The number of carbonyl (C=O) groups excluding carboxylic acids is 2. The molecule has 1 aromatic heterocycles. The van der Waals surface area contributed by atoms with Crippen molar-refractivity contribution in [1.29, 1.82) is 0 Å². The van der Waals surface area contributed by atoms with Crippen molar-refractivity contribution in [2.45, 2.75) is 81.8 Å². The number of amides is 1. The molecule has 0 radical (unpaired) electrons. The predicted molar refractivity (Wildman–Crippen MR) is 123 cm³/mol. The molecule has 1 heterocycles. The lowest BCUT2D eigenvalue weighted by Gasteiger charge is -2.30. The van der Waals surface area contributed by atoms with Crippen LogP contribution in [0.15, 0.2) is 34.9 Å². The van der Waals surface area contributed by atoms with Crippen molar-refractivity contribution >= 4 is 12.1 Å². The molecule has 3 saturated carbocycles. The third-order valence-electron chi connectivity index (χ3n) is 7.28. The van der Waals surface area contributed by atoms with Gasteiger partial charge in [-0.1, -0.05) is 35.5 Å².